The van der Waals surface area contributed by atoms with E-state index < -0.39 is 0 Å². The molecule has 1 aromatic heterocycles. The first-order valence-electron chi connectivity index (χ1n) is 8.03. The Balaban J connectivity index is 2.10. The third-order valence-electron chi connectivity index (χ3n) is 3.84. The fraction of sp³-hybridized carbons (Fsp3) is 0.444. The average Bonchev–Trinajstić information content (AvgIpc) is 2.82. The van der Waals surface area contributed by atoms with Crippen LogP contribution in [0.4, 0.5) is 4.39 Å². The zero-order valence-corrected chi connectivity index (χ0v) is 14.8. The second-order valence-electron chi connectivity index (χ2n) is 6.33. The molecule has 0 aliphatic heterocycles. The molecule has 0 aliphatic carbocycles. The third kappa shape index (κ3) is 5.16. The Bertz CT molecular complexity index is 679. The van der Waals surface area contributed by atoms with Gasteiger partial charge in [-0.25, -0.2) is 4.39 Å². The summed E-state index contributed by atoms with van der Waals surface area (Å²) in [4.78, 5) is 16.6. The van der Waals surface area contributed by atoms with Crippen LogP contribution in [0.3, 0.4) is 0 Å². The number of halogens is 1. The minimum atomic E-state index is -0.271. The van der Waals surface area contributed by atoms with Crippen LogP contribution in [0.2, 0.25) is 0 Å². The Morgan fingerprint density at radius 3 is 2.38 bits per heavy atom. The molecule has 0 unspecified atom stereocenters. The molecule has 0 atom stereocenters. The van der Waals surface area contributed by atoms with Crippen molar-refractivity contribution in [1.82, 2.24) is 19.6 Å². The highest BCUT2D eigenvalue weighted by molar-refractivity contribution is 5.76. The van der Waals surface area contributed by atoms with Gasteiger partial charge in [0.25, 0.3) is 0 Å². The van der Waals surface area contributed by atoms with Gasteiger partial charge in [-0.1, -0.05) is 12.1 Å². The smallest absolute Gasteiger partial charge is 0.244 e. The normalized spacial score (nSPS) is 11.1. The number of nitrogens with zero attached hydrogens (tertiary/aromatic N) is 4. The standard InChI is InChI=1S/C18H25FN4O/c1-14-11-15(2)23(20-14)13-18(24)22(10-9-21(3)4)12-16-5-7-17(19)8-6-16/h5-8,11H,9-10,12-13H2,1-4H3. The Hall–Kier alpha value is -2.21. The molecular weight excluding hydrogens is 307 g/mol. The van der Waals surface area contributed by atoms with Gasteiger partial charge in [0, 0.05) is 25.3 Å². The first-order chi connectivity index (χ1) is 11.3. The molecule has 2 aromatic rings. The summed E-state index contributed by atoms with van der Waals surface area (Å²) >= 11 is 0. The van der Waals surface area contributed by atoms with Crippen molar-refractivity contribution in [3.63, 3.8) is 0 Å². The van der Waals surface area contributed by atoms with Crippen LogP contribution in [0.1, 0.15) is 17.0 Å². The topological polar surface area (TPSA) is 41.4 Å². The van der Waals surface area contributed by atoms with Crippen molar-refractivity contribution >= 4 is 5.91 Å². The molecule has 0 saturated carbocycles. The Kier molecular flexibility index (Phi) is 6.09. The SMILES string of the molecule is Cc1cc(C)n(CC(=O)N(CCN(C)C)Cc2ccc(F)cc2)n1. The number of benzene rings is 1. The average molecular weight is 332 g/mol. The van der Waals surface area contributed by atoms with E-state index in [-0.39, 0.29) is 18.3 Å². The van der Waals surface area contributed by atoms with Gasteiger partial charge in [0.2, 0.25) is 5.91 Å². The number of amides is 1. The summed E-state index contributed by atoms with van der Waals surface area (Å²) < 4.78 is 14.8. The molecule has 1 aromatic carbocycles. The first kappa shape index (κ1) is 18.1. The fourth-order valence-corrected chi connectivity index (χ4v) is 2.49. The lowest BCUT2D eigenvalue weighted by Gasteiger charge is -2.25. The number of aryl methyl sites for hydroxylation is 2. The van der Waals surface area contributed by atoms with Crippen molar-refractivity contribution < 1.29 is 9.18 Å². The molecule has 2 rings (SSSR count). The minimum Gasteiger partial charge on any atom is -0.335 e. The number of aromatic nitrogens is 2. The largest absolute Gasteiger partial charge is 0.335 e. The number of carbonyl (C=O) groups is 1. The maximum absolute atomic E-state index is 13.1. The molecule has 1 heterocycles. The second kappa shape index (κ2) is 8.06. The van der Waals surface area contributed by atoms with E-state index in [2.05, 4.69) is 5.10 Å². The maximum atomic E-state index is 13.1. The van der Waals surface area contributed by atoms with Gasteiger partial charge in [0.15, 0.2) is 0 Å². The fourth-order valence-electron chi connectivity index (χ4n) is 2.49. The molecule has 130 valence electrons. The lowest BCUT2D eigenvalue weighted by atomic mass is 10.2. The molecular formula is C18H25FN4O. The summed E-state index contributed by atoms with van der Waals surface area (Å²) in [7, 11) is 3.95. The highest BCUT2D eigenvalue weighted by Crippen LogP contribution is 2.09. The summed E-state index contributed by atoms with van der Waals surface area (Å²) in [6.45, 7) is 5.92. The van der Waals surface area contributed by atoms with E-state index in [1.54, 1.807) is 21.7 Å². The zero-order valence-electron chi connectivity index (χ0n) is 14.8. The Labute approximate surface area is 142 Å². The van der Waals surface area contributed by atoms with Gasteiger partial charge in [-0.15, -0.1) is 0 Å². The lowest BCUT2D eigenvalue weighted by Crippen LogP contribution is -2.38. The van der Waals surface area contributed by atoms with E-state index in [0.717, 1.165) is 23.5 Å². The van der Waals surface area contributed by atoms with Crippen LogP contribution >= 0.6 is 0 Å². The predicted molar refractivity (Wildman–Crippen MR) is 92.1 cm³/mol. The molecule has 0 aliphatic rings. The van der Waals surface area contributed by atoms with Crippen LogP contribution in [-0.2, 0) is 17.9 Å². The van der Waals surface area contributed by atoms with Crippen molar-refractivity contribution in [3.8, 4) is 0 Å². The van der Waals surface area contributed by atoms with Crippen LogP contribution in [-0.4, -0.2) is 52.7 Å². The Morgan fingerprint density at radius 2 is 1.83 bits per heavy atom. The summed E-state index contributed by atoms with van der Waals surface area (Å²) in [5.74, 6) is -0.264. The van der Waals surface area contributed by atoms with E-state index in [1.807, 2.05) is 38.9 Å². The zero-order chi connectivity index (χ0) is 17.7. The molecule has 1 amide bonds. The number of hydrogen-bond donors (Lipinski definition) is 0. The highest BCUT2D eigenvalue weighted by atomic mass is 19.1. The van der Waals surface area contributed by atoms with Crippen molar-refractivity contribution in [3.05, 3.63) is 53.1 Å². The lowest BCUT2D eigenvalue weighted by molar-refractivity contribution is -0.132. The van der Waals surface area contributed by atoms with Crippen LogP contribution in [0, 0.1) is 19.7 Å². The van der Waals surface area contributed by atoms with E-state index in [9.17, 15) is 9.18 Å². The van der Waals surface area contributed by atoms with Gasteiger partial charge in [-0.3, -0.25) is 9.48 Å². The van der Waals surface area contributed by atoms with Gasteiger partial charge in [-0.2, -0.15) is 5.10 Å². The Morgan fingerprint density at radius 1 is 1.17 bits per heavy atom. The van der Waals surface area contributed by atoms with Crippen molar-refractivity contribution in [2.24, 2.45) is 0 Å². The van der Waals surface area contributed by atoms with Crippen molar-refractivity contribution in [2.75, 3.05) is 27.2 Å². The van der Waals surface area contributed by atoms with Gasteiger partial charge < -0.3 is 9.80 Å². The quantitative estimate of drug-likeness (QED) is 0.781. The van der Waals surface area contributed by atoms with E-state index in [4.69, 9.17) is 0 Å². The molecule has 0 N–H and O–H groups in total. The number of likely N-dealkylation sites (N-methyl/N-ethyl adjacent to an activating group) is 1. The van der Waals surface area contributed by atoms with Crippen LogP contribution in [0.15, 0.2) is 30.3 Å². The van der Waals surface area contributed by atoms with Gasteiger partial charge in [0.05, 0.1) is 5.69 Å². The maximum Gasteiger partial charge on any atom is 0.244 e. The third-order valence-corrected chi connectivity index (χ3v) is 3.84. The summed E-state index contributed by atoms with van der Waals surface area (Å²) in [5.41, 5.74) is 2.78. The van der Waals surface area contributed by atoms with E-state index >= 15 is 0 Å². The minimum absolute atomic E-state index is 0.00683. The van der Waals surface area contributed by atoms with Crippen molar-refractivity contribution in [1.29, 1.82) is 0 Å². The second-order valence-corrected chi connectivity index (χ2v) is 6.33. The van der Waals surface area contributed by atoms with E-state index in [1.165, 1.54) is 12.1 Å². The summed E-state index contributed by atoms with van der Waals surface area (Å²) in [5, 5.41) is 4.36. The van der Waals surface area contributed by atoms with E-state index in [0.29, 0.717) is 13.1 Å². The highest BCUT2D eigenvalue weighted by Gasteiger charge is 2.16. The number of rotatable bonds is 7. The van der Waals surface area contributed by atoms with Crippen molar-refractivity contribution in [2.45, 2.75) is 26.9 Å². The number of carbonyl (C=O) groups excluding carboxylic acids is 1. The van der Waals surface area contributed by atoms with Gasteiger partial charge in [-0.05, 0) is 51.7 Å². The summed E-state index contributed by atoms with van der Waals surface area (Å²) in [6, 6.07) is 8.23. The molecule has 0 bridgehead atoms. The molecule has 0 fully saturated rings. The molecule has 5 nitrogen and oxygen atoms in total. The van der Waals surface area contributed by atoms with Crippen LogP contribution in [0.5, 0.6) is 0 Å². The molecule has 0 radical (unpaired) electrons. The van der Waals surface area contributed by atoms with Crippen LogP contribution < -0.4 is 0 Å². The number of hydrogen-bond acceptors (Lipinski definition) is 3. The molecule has 0 spiro atoms. The predicted octanol–water partition coefficient (Wildman–Crippen LogP) is 2.23. The molecule has 0 saturated heterocycles. The molecule has 24 heavy (non-hydrogen) atoms. The van der Waals surface area contributed by atoms with Gasteiger partial charge in [0.1, 0.15) is 12.4 Å². The first-order valence-corrected chi connectivity index (χ1v) is 8.03. The monoisotopic (exact) mass is 332 g/mol. The van der Waals surface area contributed by atoms with Gasteiger partial charge >= 0.3 is 0 Å². The molecule has 6 heteroatoms. The van der Waals surface area contributed by atoms with Crippen LogP contribution in [0.25, 0.3) is 0 Å². The summed E-state index contributed by atoms with van der Waals surface area (Å²) in [6.07, 6.45) is 0.